The van der Waals surface area contributed by atoms with E-state index in [1.807, 2.05) is 30.3 Å². The molecule has 1 fully saturated rings. The summed E-state index contributed by atoms with van der Waals surface area (Å²) in [5.74, 6) is -1.12. The predicted molar refractivity (Wildman–Crippen MR) is 108 cm³/mol. The fourth-order valence-electron chi connectivity index (χ4n) is 3.04. The number of rotatable bonds is 6. The minimum absolute atomic E-state index is 0.0325. The lowest BCUT2D eigenvalue weighted by Gasteiger charge is -2.15. The first-order valence-electron chi connectivity index (χ1n) is 9.23. The van der Waals surface area contributed by atoms with Crippen molar-refractivity contribution < 1.29 is 19.1 Å². The maximum atomic E-state index is 12.9. The Morgan fingerprint density at radius 2 is 1.83 bits per heavy atom. The third-order valence-corrected chi connectivity index (χ3v) is 5.55. The van der Waals surface area contributed by atoms with Crippen molar-refractivity contribution in [3.63, 3.8) is 0 Å². The van der Waals surface area contributed by atoms with Gasteiger partial charge < -0.3 is 4.74 Å². The minimum Gasteiger partial charge on any atom is -0.462 e. The first kappa shape index (κ1) is 19.8. The maximum Gasteiger partial charge on any atom is 0.338 e. The van der Waals surface area contributed by atoms with Crippen molar-refractivity contribution in [3.05, 3.63) is 60.2 Å². The highest BCUT2D eigenvalue weighted by molar-refractivity contribution is 8.00. The number of amides is 2. The van der Waals surface area contributed by atoms with Crippen molar-refractivity contribution in [2.45, 2.75) is 23.8 Å². The van der Waals surface area contributed by atoms with Crippen molar-refractivity contribution in [1.82, 2.24) is 20.2 Å². The molecule has 152 valence electrons. The van der Waals surface area contributed by atoms with Gasteiger partial charge in [-0.15, -0.1) is 5.10 Å². The molecule has 0 bridgehead atoms. The first-order valence-corrected chi connectivity index (χ1v) is 10.1. The standard InChI is InChI=1S/C20H17N5O4S/c1-2-29-19(28)13-8-10-14(11-9-13)24-17(26)12-16(18(24)27)30-20-21-22-23-25(20)15-6-4-3-5-7-15/h3-11,16H,2,12H2,1H3/t16-/m1/s1. The van der Waals surface area contributed by atoms with Gasteiger partial charge in [0.15, 0.2) is 0 Å². The Labute approximate surface area is 176 Å². The lowest BCUT2D eigenvalue weighted by molar-refractivity contribution is -0.121. The molecule has 30 heavy (non-hydrogen) atoms. The molecule has 2 aromatic carbocycles. The van der Waals surface area contributed by atoms with Gasteiger partial charge in [0.1, 0.15) is 5.25 Å². The summed E-state index contributed by atoms with van der Waals surface area (Å²) in [5.41, 5.74) is 1.52. The number of imide groups is 1. The van der Waals surface area contributed by atoms with Crippen LogP contribution in [0.4, 0.5) is 5.69 Å². The van der Waals surface area contributed by atoms with Gasteiger partial charge in [-0.2, -0.15) is 4.68 Å². The zero-order chi connectivity index (χ0) is 21.1. The molecule has 1 saturated heterocycles. The van der Waals surface area contributed by atoms with Gasteiger partial charge >= 0.3 is 5.97 Å². The van der Waals surface area contributed by atoms with Crippen molar-refractivity contribution in [3.8, 4) is 5.69 Å². The van der Waals surface area contributed by atoms with E-state index in [0.29, 0.717) is 16.4 Å². The molecule has 0 saturated carbocycles. The Balaban J connectivity index is 1.52. The monoisotopic (exact) mass is 423 g/mol. The van der Waals surface area contributed by atoms with Gasteiger partial charge in [-0.3, -0.25) is 9.59 Å². The molecule has 1 aliphatic rings. The van der Waals surface area contributed by atoms with E-state index >= 15 is 0 Å². The van der Waals surface area contributed by atoms with E-state index in [4.69, 9.17) is 4.74 Å². The van der Waals surface area contributed by atoms with Crippen molar-refractivity contribution >= 4 is 35.2 Å². The van der Waals surface area contributed by atoms with Crippen LogP contribution in [-0.4, -0.2) is 49.8 Å². The minimum atomic E-state index is -0.643. The molecule has 0 unspecified atom stereocenters. The van der Waals surface area contributed by atoms with Crippen LogP contribution in [0.25, 0.3) is 5.69 Å². The van der Waals surface area contributed by atoms with Crippen LogP contribution in [0.3, 0.4) is 0 Å². The summed E-state index contributed by atoms with van der Waals surface area (Å²) >= 11 is 1.14. The van der Waals surface area contributed by atoms with E-state index in [-0.39, 0.29) is 24.8 Å². The Hall–Kier alpha value is -3.53. The number of ether oxygens (including phenoxy) is 1. The molecule has 10 heteroatoms. The van der Waals surface area contributed by atoms with Crippen LogP contribution in [0.1, 0.15) is 23.7 Å². The van der Waals surface area contributed by atoms with E-state index in [1.54, 1.807) is 19.1 Å². The molecule has 0 N–H and O–H groups in total. The molecular weight excluding hydrogens is 406 g/mol. The zero-order valence-electron chi connectivity index (χ0n) is 16.0. The molecule has 0 aliphatic carbocycles. The number of esters is 1. The summed E-state index contributed by atoms with van der Waals surface area (Å²) in [7, 11) is 0. The second-order valence-electron chi connectivity index (χ2n) is 6.35. The molecule has 2 heterocycles. The number of para-hydroxylation sites is 1. The van der Waals surface area contributed by atoms with Gasteiger partial charge in [0.05, 0.1) is 23.5 Å². The van der Waals surface area contributed by atoms with Gasteiger partial charge in [-0.1, -0.05) is 30.0 Å². The second-order valence-corrected chi connectivity index (χ2v) is 7.52. The number of hydrogen-bond acceptors (Lipinski definition) is 8. The third-order valence-electron chi connectivity index (χ3n) is 4.43. The van der Waals surface area contributed by atoms with Crippen LogP contribution < -0.4 is 4.90 Å². The lowest BCUT2D eigenvalue weighted by atomic mass is 10.2. The average Bonchev–Trinajstić information content (AvgIpc) is 3.33. The second kappa shape index (κ2) is 8.46. The summed E-state index contributed by atoms with van der Waals surface area (Å²) in [6.45, 7) is 1.99. The maximum absolute atomic E-state index is 12.9. The number of aromatic nitrogens is 4. The van der Waals surface area contributed by atoms with Crippen LogP contribution >= 0.6 is 11.8 Å². The van der Waals surface area contributed by atoms with Crippen molar-refractivity contribution in [2.75, 3.05) is 11.5 Å². The van der Waals surface area contributed by atoms with Crippen LogP contribution in [-0.2, 0) is 14.3 Å². The van der Waals surface area contributed by atoms with Gasteiger partial charge in [-0.25, -0.2) is 9.69 Å². The van der Waals surface area contributed by atoms with Gasteiger partial charge in [0.2, 0.25) is 17.0 Å². The highest BCUT2D eigenvalue weighted by Gasteiger charge is 2.41. The average molecular weight is 423 g/mol. The molecule has 9 nitrogen and oxygen atoms in total. The zero-order valence-corrected chi connectivity index (χ0v) is 16.8. The quantitative estimate of drug-likeness (QED) is 0.439. The third kappa shape index (κ3) is 3.81. The number of benzene rings is 2. The summed E-state index contributed by atoms with van der Waals surface area (Å²) in [6, 6.07) is 15.5. The summed E-state index contributed by atoms with van der Waals surface area (Å²) in [4.78, 5) is 38.4. The summed E-state index contributed by atoms with van der Waals surface area (Å²) < 4.78 is 6.48. The van der Waals surface area contributed by atoms with Gasteiger partial charge in [0.25, 0.3) is 0 Å². The first-order chi connectivity index (χ1) is 14.6. The number of carbonyl (C=O) groups excluding carboxylic acids is 3. The molecule has 0 spiro atoms. The molecular formula is C20H17N5O4S. The molecule has 4 rings (SSSR count). The van der Waals surface area contributed by atoms with Crippen molar-refractivity contribution in [2.24, 2.45) is 0 Å². The van der Waals surface area contributed by atoms with Crippen LogP contribution in [0.15, 0.2) is 59.8 Å². The lowest BCUT2D eigenvalue weighted by Crippen LogP contribution is -2.31. The normalized spacial score (nSPS) is 16.2. The van der Waals surface area contributed by atoms with Crippen molar-refractivity contribution in [1.29, 1.82) is 0 Å². The van der Waals surface area contributed by atoms with E-state index in [0.717, 1.165) is 22.3 Å². The van der Waals surface area contributed by atoms with E-state index in [9.17, 15) is 14.4 Å². The SMILES string of the molecule is CCOC(=O)c1ccc(N2C(=O)C[C@@H](Sc3nnnn3-c3ccccc3)C2=O)cc1. The van der Waals surface area contributed by atoms with Gasteiger partial charge in [-0.05, 0) is 53.7 Å². The smallest absolute Gasteiger partial charge is 0.338 e. The van der Waals surface area contributed by atoms with E-state index in [1.165, 1.54) is 16.8 Å². The molecule has 1 aliphatic heterocycles. The summed E-state index contributed by atoms with van der Waals surface area (Å²) in [5, 5.41) is 11.4. The Kier molecular flexibility index (Phi) is 5.57. The number of anilines is 1. The predicted octanol–water partition coefficient (Wildman–Crippen LogP) is 2.26. The fourth-order valence-corrected chi connectivity index (χ4v) is 4.05. The fraction of sp³-hybridized carbons (Fsp3) is 0.200. The highest BCUT2D eigenvalue weighted by atomic mass is 32.2. The Bertz CT molecular complexity index is 1080. The molecule has 0 radical (unpaired) electrons. The summed E-state index contributed by atoms with van der Waals surface area (Å²) in [6.07, 6.45) is 0.0325. The Morgan fingerprint density at radius 3 is 2.53 bits per heavy atom. The number of hydrogen-bond donors (Lipinski definition) is 0. The van der Waals surface area contributed by atoms with E-state index < -0.39 is 11.2 Å². The number of tetrazole rings is 1. The largest absolute Gasteiger partial charge is 0.462 e. The number of carbonyl (C=O) groups is 3. The molecule has 3 aromatic rings. The highest BCUT2D eigenvalue weighted by Crippen LogP contribution is 2.33. The van der Waals surface area contributed by atoms with Gasteiger partial charge in [0, 0.05) is 6.42 Å². The van der Waals surface area contributed by atoms with E-state index in [2.05, 4.69) is 15.5 Å². The van der Waals surface area contributed by atoms with Crippen LogP contribution in [0.2, 0.25) is 0 Å². The molecule has 1 atom stereocenters. The number of nitrogens with zero attached hydrogens (tertiary/aromatic N) is 5. The molecule has 2 amide bonds. The molecule has 1 aromatic heterocycles. The number of thioether (sulfide) groups is 1. The topological polar surface area (TPSA) is 107 Å². The Morgan fingerprint density at radius 1 is 1.10 bits per heavy atom. The van der Waals surface area contributed by atoms with Crippen LogP contribution in [0, 0.1) is 0 Å². The van der Waals surface area contributed by atoms with Crippen LogP contribution in [0.5, 0.6) is 0 Å².